The van der Waals surface area contributed by atoms with E-state index in [0.717, 1.165) is 74.6 Å². The van der Waals surface area contributed by atoms with E-state index in [2.05, 4.69) is 34.1 Å². The van der Waals surface area contributed by atoms with Crippen molar-refractivity contribution in [2.24, 2.45) is 0 Å². The fraction of sp³-hybridized carbons (Fsp3) is 0.667. The standard InChI is InChI=1S/C34H52N4O4S.2CH3F/c1-3-4-5-19-27-41-32-31(36-43-37-32)30-23-20-25-38(2,28-30)33(29-21-15-14-16-22-29)42-34(40)35-24-17-12-10-8-6-7-9-11-13-18-26-39;2*1-2/h14-16,21-23,26,33H,3-13,17-20,24-25,27-28H2,1-2H3;2*1H3/p+1. The van der Waals surface area contributed by atoms with Crippen LogP contribution in [0.2, 0.25) is 0 Å². The van der Waals surface area contributed by atoms with Crippen LogP contribution in [0.3, 0.4) is 0 Å². The molecule has 266 valence electrons. The molecule has 2 aromatic rings. The molecule has 2 heterocycles. The van der Waals surface area contributed by atoms with Crippen molar-refractivity contribution in [1.29, 1.82) is 0 Å². The first kappa shape index (κ1) is 42.1. The molecule has 1 aliphatic rings. The highest BCUT2D eigenvalue weighted by Gasteiger charge is 2.40. The number of hydrogen-bond acceptors (Lipinski definition) is 7. The maximum atomic E-state index is 13.0. The predicted octanol–water partition coefficient (Wildman–Crippen LogP) is 9.43. The number of rotatable bonds is 22. The Morgan fingerprint density at radius 3 is 2.23 bits per heavy atom. The molecule has 8 nitrogen and oxygen atoms in total. The van der Waals surface area contributed by atoms with Crippen molar-refractivity contribution in [2.75, 3.05) is 47.6 Å². The minimum atomic E-state index is -0.443. The van der Waals surface area contributed by atoms with Crippen molar-refractivity contribution < 1.29 is 32.3 Å². The van der Waals surface area contributed by atoms with E-state index in [1.165, 1.54) is 56.7 Å². The van der Waals surface area contributed by atoms with Crippen LogP contribution < -0.4 is 10.1 Å². The molecule has 1 aromatic heterocycles. The van der Waals surface area contributed by atoms with Gasteiger partial charge in [0.2, 0.25) is 0 Å². The number of benzene rings is 1. The van der Waals surface area contributed by atoms with Gasteiger partial charge in [0.15, 0.2) is 0 Å². The number of amides is 1. The molecule has 1 N–H and O–H groups in total. The number of aromatic nitrogens is 2. The van der Waals surface area contributed by atoms with Gasteiger partial charge in [-0.05, 0) is 31.4 Å². The largest absolute Gasteiger partial charge is 0.475 e. The van der Waals surface area contributed by atoms with Gasteiger partial charge in [-0.15, -0.1) is 4.37 Å². The van der Waals surface area contributed by atoms with Gasteiger partial charge in [0.1, 0.15) is 18.5 Å². The molecular formula is C36H59F2N4O4S+. The number of likely N-dealkylation sites (N-methyl/N-ethyl adjacent to an activating group) is 1. The lowest BCUT2D eigenvalue weighted by Gasteiger charge is -2.42. The summed E-state index contributed by atoms with van der Waals surface area (Å²) >= 11 is 1.19. The highest BCUT2D eigenvalue weighted by molar-refractivity contribution is 6.99. The maximum Gasteiger partial charge on any atom is 0.411 e. The zero-order valence-corrected chi connectivity index (χ0v) is 30.0. The molecule has 0 spiro atoms. The van der Waals surface area contributed by atoms with E-state index in [9.17, 15) is 18.4 Å². The number of hydrogen-bond donors (Lipinski definition) is 1. The zero-order valence-electron chi connectivity index (χ0n) is 29.2. The fourth-order valence-corrected chi connectivity index (χ4v) is 6.23. The van der Waals surface area contributed by atoms with E-state index in [-0.39, 0.29) is 6.09 Å². The molecule has 2 unspecified atom stereocenters. The third kappa shape index (κ3) is 16.6. The molecule has 47 heavy (non-hydrogen) atoms. The summed E-state index contributed by atoms with van der Waals surface area (Å²) < 4.78 is 40.8. The smallest absolute Gasteiger partial charge is 0.411 e. The first-order chi connectivity index (χ1) is 23.1. The van der Waals surface area contributed by atoms with Crippen LogP contribution in [0.15, 0.2) is 36.4 Å². The zero-order chi connectivity index (χ0) is 34.6. The minimum Gasteiger partial charge on any atom is -0.475 e. The Hall–Kier alpha value is -2.92. The molecule has 1 aliphatic heterocycles. The van der Waals surface area contributed by atoms with Crippen molar-refractivity contribution in [2.45, 2.75) is 109 Å². The average Bonchev–Trinajstić information content (AvgIpc) is 3.58. The molecule has 0 fully saturated rings. The van der Waals surface area contributed by atoms with Crippen molar-refractivity contribution >= 4 is 29.7 Å². The van der Waals surface area contributed by atoms with Gasteiger partial charge in [0.05, 0.1) is 51.8 Å². The summed E-state index contributed by atoms with van der Waals surface area (Å²) in [5, 5.41) is 3.00. The number of unbranched alkanes of at least 4 members (excludes halogenated alkanes) is 12. The van der Waals surface area contributed by atoms with Crippen LogP contribution >= 0.6 is 11.7 Å². The van der Waals surface area contributed by atoms with Gasteiger partial charge in [-0.3, -0.25) is 13.3 Å². The number of nitrogens with zero attached hydrogens (tertiary/aromatic N) is 3. The Kier molecular flexibility index (Phi) is 24.3. The SMILES string of the molecule is CCCCCCOc1nsnc1C1=CCC[N+](C)(C(OC(=O)NCCCCCCCCCCCC=O)c2ccccc2)C1.CF.CF. The van der Waals surface area contributed by atoms with Crippen LogP contribution in [0.1, 0.15) is 121 Å². The molecule has 1 aromatic carbocycles. The van der Waals surface area contributed by atoms with Crippen LogP contribution in [-0.2, 0) is 9.53 Å². The summed E-state index contributed by atoms with van der Waals surface area (Å²) in [5.74, 6) is 0.616. The van der Waals surface area contributed by atoms with Crippen molar-refractivity contribution in [3.63, 3.8) is 0 Å². The lowest BCUT2D eigenvalue weighted by molar-refractivity contribution is -0.953. The van der Waals surface area contributed by atoms with Crippen molar-refractivity contribution in [1.82, 2.24) is 14.1 Å². The molecule has 1 amide bonds. The first-order valence-electron chi connectivity index (χ1n) is 17.2. The van der Waals surface area contributed by atoms with E-state index in [4.69, 9.17) is 9.47 Å². The number of carbonyl (C=O) groups excluding carboxylic acids is 2. The quantitative estimate of drug-likeness (QED) is 0.0757. The van der Waals surface area contributed by atoms with Crippen molar-refractivity contribution in [3.05, 3.63) is 47.7 Å². The van der Waals surface area contributed by atoms with Crippen LogP contribution in [0.5, 0.6) is 5.88 Å². The minimum absolute atomic E-state index is 0.369. The Labute approximate surface area is 286 Å². The number of alkyl carbamates (subject to hydrolysis) is 1. The van der Waals surface area contributed by atoms with Crippen molar-refractivity contribution in [3.8, 4) is 5.88 Å². The van der Waals surface area contributed by atoms with Gasteiger partial charge in [-0.1, -0.05) is 95.4 Å². The number of aldehydes is 1. The predicted molar refractivity (Wildman–Crippen MR) is 188 cm³/mol. The molecule has 0 bridgehead atoms. The van der Waals surface area contributed by atoms with Gasteiger partial charge < -0.3 is 19.6 Å². The summed E-state index contributed by atoms with van der Waals surface area (Å²) in [6.45, 7) is 4.98. The van der Waals surface area contributed by atoms with E-state index >= 15 is 0 Å². The van der Waals surface area contributed by atoms with Gasteiger partial charge >= 0.3 is 6.09 Å². The Morgan fingerprint density at radius 2 is 1.57 bits per heavy atom. The normalized spacial score (nSPS) is 16.0. The summed E-state index contributed by atoms with van der Waals surface area (Å²) in [6.07, 6.45) is 18.9. The van der Waals surface area contributed by atoms with Gasteiger partial charge in [0.25, 0.3) is 12.1 Å². The van der Waals surface area contributed by atoms with Crippen LogP contribution in [0.25, 0.3) is 5.57 Å². The molecular weight excluding hydrogens is 622 g/mol. The number of nitrogens with one attached hydrogen (secondary N) is 1. The lowest BCUT2D eigenvalue weighted by atomic mass is 10.0. The number of alkyl halides is 2. The topological polar surface area (TPSA) is 90.4 Å². The highest BCUT2D eigenvalue weighted by Crippen LogP contribution is 2.37. The fourth-order valence-electron chi connectivity index (χ4n) is 5.70. The average molecular weight is 682 g/mol. The third-order valence-corrected chi connectivity index (χ3v) is 8.71. The first-order valence-corrected chi connectivity index (χ1v) is 18.0. The van der Waals surface area contributed by atoms with Crippen LogP contribution in [0.4, 0.5) is 13.6 Å². The van der Waals surface area contributed by atoms with Gasteiger partial charge in [0, 0.05) is 25.0 Å². The van der Waals surface area contributed by atoms with E-state index in [0.29, 0.717) is 50.8 Å². The summed E-state index contributed by atoms with van der Waals surface area (Å²) in [4.78, 5) is 23.4. The molecule has 11 heteroatoms. The molecule has 0 aliphatic carbocycles. The second kappa shape index (κ2) is 27.1. The second-order valence-corrected chi connectivity index (χ2v) is 12.5. The monoisotopic (exact) mass is 681 g/mol. The maximum absolute atomic E-state index is 13.0. The van der Waals surface area contributed by atoms with E-state index < -0.39 is 6.23 Å². The summed E-state index contributed by atoms with van der Waals surface area (Å²) in [6, 6.07) is 10.1. The van der Waals surface area contributed by atoms with E-state index in [1.54, 1.807) is 0 Å². The summed E-state index contributed by atoms with van der Waals surface area (Å²) in [5.41, 5.74) is 2.90. The second-order valence-electron chi connectivity index (χ2n) is 11.9. The Balaban J connectivity index is 0.00000265. The van der Waals surface area contributed by atoms with E-state index in [1.807, 2.05) is 30.3 Å². The highest BCUT2D eigenvalue weighted by atomic mass is 32.1. The number of ether oxygens (including phenoxy) is 2. The lowest BCUT2D eigenvalue weighted by Crippen LogP contribution is -2.52. The summed E-state index contributed by atoms with van der Waals surface area (Å²) in [7, 11) is 3.16. The Bertz CT molecular complexity index is 1110. The molecule has 2 atom stereocenters. The van der Waals surface area contributed by atoms with Gasteiger partial charge in [-0.2, -0.15) is 4.37 Å². The molecule has 3 rings (SSSR count). The number of carbonyl (C=O) groups is 2. The third-order valence-electron chi connectivity index (χ3n) is 8.20. The number of quaternary nitrogens is 1. The molecule has 0 saturated carbocycles. The number of halogens is 2. The van der Waals surface area contributed by atoms with Crippen LogP contribution in [0, 0.1) is 0 Å². The Morgan fingerprint density at radius 1 is 0.936 bits per heavy atom. The van der Waals surface area contributed by atoms with Gasteiger partial charge in [-0.25, -0.2) is 4.79 Å². The van der Waals surface area contributed by atoms with Crippen LogP contribution in [-0.4, -0.2) is 73.3 Å². The molecule has 0 saturated heterocycles. The molecule has 0 radical (unpaired) electrons.